The number of nitriles is 2. The molecule has 11 nitrogen and oxygen atoms in total. The maximum Gasteiger partial charge on any atom is 0.328 e. The summed E-state index contributed by atoms with van der Waals surface area (Å²) in [6.07, 6.45) is 2.00. The molecule has 4 aromatic rings. The Hall–Kier alpha value is -4.66. The average molecular weight is 716 g/mol. The summed E-state index contributed by atoms with van der Waals surface area (Å²) < 4.78 is 11.0. The number of halogens is 1. The number of nitrogens with two attached hydrogens (primary N) is 1. The number of thioether (sulfide) groups is 1. The first-order chi connectivity index (χ1) is 23.7. The summed E-state index contributed by atoms with van der Waals surface area (Å²) in [6, 6.07) is 17.7. The van der Waals surface area contributed by atoms with Gasteiger partial charge in [-0.05, 0) is 56.5 Å². The van der Waals surface area contributed by atoms with Crippen LogP contribution in [0.3, 0.4) is 0 Å². The minimum Gasteiger partial charge on any atom is -0.490 e. The Morgan fingerprint density at radius 3 is 2.35 bits per heavy atom. The second-order valence-corrected chi connectivity index (χ2v) is 13.5. The van der Waals surface area contributed by atoms with Gasteiger partial charge in [0.15, 0.2) is 0 Å². The van der Waals surface area contributed by atoms with E-state index >= 15 is 0 Å². The van der Waals surface area contributed by atoms with Crippen LogP contribution in [-0.4, -0.2) is 60.2 Å². The van der Waals surface area contributed by atoms with E-state index in [0.717, 1.165) is 42.2 Å². The number of thiazole rings is 1. The first kappa shape index (κ1) is 35.6. The van der Waals surface area contributed by atoms with Gasteiger partial charge in [0.25, 0.3) is 0 Å². The number of aromatic nitrogens is 2. The zero-order chi connectivity index (χ0) is 34.9. The lowest BCUT2D eigenvalue weighted by molar-refractivity contribution is -0.148. The van der Waals surface area contributed by atoms with E-state index in [1.165, 1.54) is 36.9 Å². The molecule has 0 unspecified atom stereocenters. The summed E-state index contributed by atoms with van der Waals surface area (Å²) in [5.74, 6) is 0.530. The van der Waals surface area contributed by atoms with E-state index in [9.17, 15) is 20.1 Å². The normalized spacial score (nSPS) is 13.6. The fourth-order valence-corrected chi connectivity index (χ4v) is 7.03. The van der Waals surface area contributed by atoms with E-state index in [-0.39, 0.29) is 13.2 Å². The number of hydrogen-bond donors (Lipinski definition) is 2. The summed E-state index contributed by atoms with van der Waals surface area (Å²) in [5, 5.41) is 27.4. The molecule has 252 valence electrons. The Kier molecular flexibility index (Phi) is 12.1. The predicted molar refractivity (Wildman–Crippen MR) is 190 cm³/mol. The molecule has 0 aliphatic carbocycles. The number of nitrogens with zero attached hydrogens (tertiary/aromatic N) is 5. The molecule has 0 spiro atoms. The van der Waals surface area contributed by atoms with Crippen molar-refractivity contribution in [3.63, 3.8) is 0 Å². The molecular formula is C35H34ClN7O4S2. The molecule has 3 heterocycles. The van der Waals surface area contributed by atoms with E-state index in [4.69, 9.17) is 36.8 Å². The van der Waals surface area contributed by atoms with Crippen molar-refractivity contribution in [3.8, 4) is 39.6 Å². The number of benzene rings is 2. The summed E-state index contributed by atoms with van der Waals surface area (Å²) >= 11 is 9.00. The van der Waals surface area contributed by atoms with Crippen LogP contribution in [0.15, 0.2) is 58.9 Å². The van der Waals surface area contributed by atoms with E-state index in [2.05, 4.69) is 22.4 Å². The Balaban J connectivity index is 1.33. The summed E-state index contributed by atoms with van der Waals surface area (Å²) in [5.41, 5.74) is 9.23. The quantitative estimate of drug-likeness (QED) is 0.0956. The number of carbonyl (C=O) groups excluding carboxylic acids is 2. The van der Waals surface area contributed by atoms with Crippen LogP contribution in [0, 0.1) is 22.7 Å². The van der Waals surface area contributed by atoms with Crippen LogP contribution in [-0.2, 0) is 20.1 Å². The van der Waals surface area contributed by atoms with Crippen LogP contribution < -0.4 is 20.7 Å². The van der Waals surface area contributed by atoms with Crippen LogP contribution in [0.4, 0.5) is 5.82 Å². The van der Waals surface area contributed by atoms with Crippen molar-refractivity contribution in [2.24, 2.45) is 5.73 Å². The van der Waals surface area contributed by atoms with Crippen LogP contribution >= 0.6 is 34.7 Å². The van der Waals surface area contributed by atoms with Gasteiger partial charge in [0, 0.05) is 40.4 Å². The number of ether oxygens (including phenoxy) is 2. The van der Waals surface area contributed by atoms with Gasteiger partial charge in [0.1, 0.15) is 58.6 Å². The van der Waals surface area contributed by atoms with Gasteiger partial charge >= 0.3 is 5.97 Å². The maximum atomic E-state index is 12.2. The molecule has 0 radical (unpaired) electrons. The Morgan fingerprint density at radius 2 is 1.69 bits per heavy atom. The van der Waals surface area contributed by atoms with Crippen LogP contribution in [0.25, 0.3) is 21.7 Å². The van der Waals surface area contributed by atoms with E-state index < -0.39 is 24.0 Å². The fourth-order valence-electron chi connectivity index (χ4n) is 5.10. The van der Waals surface area contributed by atoms with Crippen molar-refractivity contribution in [3.05, 3.63) is 75.8 Å². The number of nitrogens with one attached hydrogen (secondary N) is 1. The van der Waals surface area contributed by atoms with Gasteiger partial charge in [-0.2, -0.15) is 10.5 Å². The SMILES string of the molecule is C[C@H](N)C(=O)N[C@H](C)C(=O)OCCOc1ccc(-c2c(C#N)c(SCc3csc(-c4ccc(Cl)cc4)n3)nc(N3CCCC3)c2C#N)cc1. The zero-order valence-electron chi connectivity index (χ0n) is 26.9. The second kappa shape index (κ2) is 16.6. The number of hydrogen-bond acceptors (Lipinski definition) is 12. The number of anilines is 1. The number of carbonyl (C=O) groups is 2. The molecule has 2 aromatic carbocycles. The van der Waals surface area contributed by atoms with E-state index in [0.29, 0.717) is 49.6 Å². The molecule has 1 aliphatic rings. The molecule has 1 aliphatic heterocycles. The van der Waals surface area contributed by atoms with Crippen molar-refractivity contribution in [1.82, 2.24) is 15.3 Å². The third kappa shape index (κ3) is 8.88. The monoisotopic (exact) mass is 715 g/mol. The number of esters is 1. The van der Waals surface area contributed by atoms with Crippen LogP contribution in [0.5, 0.6) is 5.75 Å². The third-order valence-corrected chi connectivity index (χ3v) is 9.84. The largest absolute Gasteiger partial charge is 0.490 e. The van der Waals surface area contributed by atoms with Crippen LogP contribution in [0.1, 0.15) is 43.5 Å². The highest BCUT2D eigenvalue weighted by Crippen LogP contribution is 2.40. The van der Waals surface area contributed by atoms with Gasteiger partial charge < -0.3 is 25.4 Å². The third-order valence-electron chi connectivity index (χ3n) is 7.64. The minimum atomic E-state index is -0.844. The van der Waals surface area contributed by atoms with Crippen molar-refractivity contribution < 1.29 is 19.1 Å². The fraction of sp³-hybridized carbons (Fsp3) is 0.314. The molecule has 2 aromatic heterocycles. The van der Waals surface area contributed by atoms with Crippen molar-refractivity contribution in [2.75, 3.05) is 31.2 Å². The molecule has 2 atom stereocenters. The molecule has 3 N–H and O–H groups in total. The molecule has 1 saturated heterocycles. The molecule has 1 amide bonds. The first-order valence-electron chi connectivity index (χ1n) is 15.6. The van der Waals surface area contributed by atoms with Crippen molar-refractivity contribution >= 4 is 52.4 Å². The molecular weight excluding hydrogens is 682 g/mol. The smallest absolute Gasteiger partial charge is 0.328 e. The average Bonchev–Trinajstić information content (AvgIpc) is 3.82. The lowest BCUT2D eigenvalue weighted by Gasteiger charge is -2.22. The highest BCUT2D eigenvalue weighted by Gasteiger charge is 2.26. The minimum absolute atomic E-state index is 0.0273. The zero-order valence-corrected chi connectivity index (χ0v) is 29.3. The first-order valence-corrected chi connectivity index (χ1v) is 17.8. The summed E-state index contributed by atoms with van der Waals surface area (Å²) in [6.45, 7) is 4.66. The van der Waals surface area contributed by atoms with Gasteiger partial charge in [-0.25, -0.2) is 14.8 Å². The molecule has 1 fully saturated rings. The van der Waals surface area contributed by atoms with Crippen molar-refractivity contribution in [1.29, 1.82) is 10.5 Å². The predicted octanol–water partition coefficient (Wildman–Crippen LogP) is 5.94. The van der Waals surface area contributed by atoms with Crippen LogP contribution in [0.2, 0.25) is 5.02 Å². The Morgan fingerprint density at radius 1 is 1.02 bits per heavy atom. The summed E-state index contributed by atoms with van der Waals surface area (Å²) in [4.78, 5) is 35.7. The number of pyridine rings is 1. The van der Waals surface area contributed by atoms with Gasteiger partial charge in [-0.3, -0.25) is 4.79 Å². The lowest BCUT2D eigenvalue weighted by atomic mass is 9.96. The molecule has 49 heavy (non-hydrogen) atoms. The lowest BCUT2D eigenvalue weighted by Crippen LogP contribution is -2.46. The Bertz CT molecular complexity index is 1880. The maximum absolute atomic E-state index is 12.2. The summed E-state index contributed by atoms with van der Waals surface area (Å²) in [7, 11) is 0. The highest BCUT2D eigenvalue weighted by molar-refractivity contribution is 7.98. The second-order valence-electron chi connectivity index (χ2n) is 11.3. The molecule has 14 heteroatoms. The topological polar surface area (TPSA) is 167 Å². The highest BCUT2D eigenvalue weighted by atomic mass is 35.5. The molecule has 0 saturated carbocycles. The van der Waals surface area contributed by atoms with Gasteiger partial charge in [0.05, 0.1) is 17.3 Å². The van der Waals surface area contributed by atoms with E-state index in [1.807, 2.05) is 29.6 Å². The van der Waals surface area contributed by atoms with Crippen molar-refractivity contribution in [2.45, 2.75) is 49.6 Å². The number of rotatable bonds is 13. The van der Waals surface area contributed by atoms with Gasteiger partial charge in [-0.15, -0.1) is 11.3 Å². The molecule has 0 bridgehead atoms. The molecule has 5 rings (SSSR count). The Labute approximate surface area is 298 Å². The van der Waals surface area contributed by atoms with E-state index in [1.54, 1.807) is 24.3 Å². The number of amides is 1. The van der Waals surface area contributed by atoms with Gasteiger partial charge in [-0.1, -0.05) is 47.6 Å². The standard InChI is InChI=1S/C35H34ClN7O4S2/c1-21(39)32(44)40-22(2)35(45)47-16-15-46-27-11-7-23(8-12-27)30-28(17-37)31(43-13-3-4-14-43)42-34(29(30)18-38)49-20-26-19-48-33(41-26)24-5-9-25(36)10-6-24/h5-12,19,21-22H,3-4,13-16,20,39H2,1-2H3,(H,40,44)/t21-,22+/m0/s1. The van der Waals surface area contributed by atoms with Gasteiger partial charge in [0.2, 0.25) is 5.91 Å².